The predicted octanol–water partition coefficient (Wildman–Crippen LogP) is 3.68. The minimum atomic E-state index is -0.317. The number of hydrogen-bond acceptors (Lipinski definition) is 3. The maximum absolute atomic E-state index is 12.5. The van der Waals surface area contributed by atoms with Crippen LogP contribution in [0.25, 0.3) is 0 Å². The van der Waals surface area contributed by atoms with Crippen molar-refractivity contribution in [2.75, 3.05) is 25.5 Å². The monoisotopic (exact) mass is 391 g/mol. The first-order valence-corrected chi connectivity index (χ1v) is 9.05. The lowest BCUT2D eigenvalue weighted by Gasteiger charge is -2.23. The van der Waals surface area contributed by atoms with Crippen LogP contribution in [0.2, 0.25) is 10.0 Å². The number of amides is 2. The SMILES string of the molecule is CN(C(=O)c1ccc(NC(=O)c2cc(Cl)cc(Cl)c2)cc1)C1CCNC1. The Balaban J connectivity index is 1.67. The lowest BCUT2D eigenvalue weighted by atomic mass is 10.1. The van der Waals surface area contributed by atoms with E-state index in [0.717, 1.165) is 19.5 Å². The van der Waals surface area contributed by atoms with Gasteiger partial charge in [0.15, 0.2) is 0 Å². The number of nitrogens with zero attached hydrogens (tertiary/aromatic N) is 1. The van der Waals surface area contributed by atoms with Crippen LogP contribution >= 0.6 is 23.2 Å². The fourth-order valence-electron chi connectivity index (χ4n) is 2.92. The van der Waals surface area contributed by atoms with Gasteiger partial charge in [0.2, 0.25) is 0 Å². The molecule has 1 fully saturated rings. The topological polar surface area (TPSA) is 61.4 Å². The number of anilines is 1. The van der Waals surface area contributed by atoms with Gasteiger partial charge < -0.3 is 15.5 Å². The third kappa shape index (κ3) is 4.36. The van der Waals surface area contributed by atoms with E-state index in [2.05, 4.69) is 10.6 Å². The van der Waals surface area contributed by atoms with E-state index in [1.807, 2.05) is 7.05 Å². The Kier molecular flexibility index (Phi) is 5.81. The highest BCUT2D eigenvalue weighted by molar-refractivity contribution is 6.35. The van der Waals surface area contributed by atoms with Crippen LogP contribution in [0, 0.1) is 0 Å². The van der Waals surface area contributed by atoms with E-state index in [0.29, 0.717) is 26.9 Å². The summed E-state index contributed by atoms with van der Waals surface area (Å²) < 4.78 is 0. The third-order valence-corrected chi connectivity index (χ3v) is 4.85. The van der Waals surface area contributed by atoms with Crippen LogP contribution in [0.15, 0.2) is 42.5 Å². The molecule has 5 nitrogen and oxygen atoms in total. The summed E-state index contributed by atoms with van der Waals surface area (Å²) in [6, 6.07) is 11.7. The molecule has 0 saturated carbocycles. The van der Waals surface area contributed by atoms with Crippen LogP contribution in [0.3, 0.4) is 0 Å². The molecule has 0 bridgehead atoms. The Bertz CT molecular complexity index is 798. The van der Waals surface area contributed by atoms with Crippen LogP contribution < -0.4 is 10.6 Å². The van der Waals surface area contributed by atoms with Crippen molar-refractivity contribution in [2.24, 2.45) is 0 Å². The largest absolute Gasteiger partial charge is 0.337 e. The summed E-state index contributed by atoms with van der Waals surface area (Å²) in [5.41, 5.74) is 1.55. The predicted molar refractivity (Wildman–Crippen MR) is 104 cm³/mol. The van der Waals surface area contributed by atoms with E-state index in [9.17, 15) is 9.59 Å². The number of carbonyl (C=O) groups excluding carboxylic acids is 2. The minimum absolute atomic E-state index is 0.0294. The second-order valence-electron chi connectivity index (χ2n) is 6.25. The van der Waals surface area contributed by atoms with Gasteiger partial charge in [0.25, 0.3) is 11.8 Å². The quantitative estimate of drug-likeness (QED) is 0.835. The zero-order valence-corrected chi connectivity index (χ0v) is 15.8. The normalized spacial score (nSPS) is 16.3. The van der Waals surface area contributed by atoms with E-state index >= 15 is 0 Å². The average Bonchev–Trinajstić information content (AvgIpc) is 3.15. The molecule has 1 atom stereocenters. The summed E-state index contributed by atoms with van der Waals surface area (Å²) in [6.45, 7) is 1.75. The number of rotatable bonds is 4. The van der Waals surface area contributed by atoms with Gasteiger partial charge in [0.1, 0.15) is 0 Å². The summed E-state index contributed by atoms with van der Waals surface area (Å²) in [4.78, 5) is 26.6. The maximum atomic E-state index is 12.5. The Morgan fingerprint density at radius 3 is 2.31 bits per heavy atom. The highest BCUT2D eigenvalue weighted by atomic mass is 35.5. The van der Waals surface area contributed by atoms with Crippen LogP contribution in [0.4, 0.5) is 5.69 Å². The number of carbonyl (C=O) groups is 2. The Morgan fingerprint density at radius 2 is 1.73 bits per heavy atom. The van der Waals surface area contributed by atoms with Gasteiger partial charge in [-0.3, -0.25) is 9.59 Å². The minimum Gasteiger partial charge on any atom is -0.337 e. The smallest absolute Gasteiger partial charge is 0.255 e. The van der Waals surface area contributed by atoms with Gasteiger partial charge in [-0.15, -0.1) is 0 Å². The van der Waals surface area contributed by atoms with E-state index < -0.39 is 0 Å². The first-order valence-electron chi connectivity index (χ1n) is 8.29. The van der Waals surface area contributed by atoms with Gasteiger partial charge in [-0.25, -0.2) is 0 Å². The van der Waals surface area contributed by atoms with Crippen LogP contribution in [0.5, 0.6) is 0 Å². The summed E-state index contributed by atoms with van der Waals surface area (Å²) >= 11 is 11.9. The number of nitrogens with one attached hydrogen (secondary N) is 2. The summed E-state index contributed by atoms with van der Waals surface area (Å²) in [6.07, 6.45) is 0.957. The van der Waals surface area contributed by atoms with Gasteiger partial charge >= 0.3 is 0 Å². The highest BCUT2D eigenvalue weighted by Crippen LogP contribution is 2.20. The first kappa shape index (κ1) is 18.7. The molecule has 7 heteroatoms. The van der Waals surface area contributed by atoms with E-state index in [1.54, 1.807) is 47.4 Å². The Morgan fingerprint density at radius 1 is 1.08 bits per heavy atom. The molecule has 0 aromatic heterocycles. The first-order chi connectivity index (χ1) is 12.4. The molecular formula is C19H19Cl2N3O2. The molecule has 2 aromatic rings. The van der Waals surface area contributed by atoms with E-state index in [1.165, 1.54) is 0 Å². The van der Waals surface area contributed by atoms with Crippen molar-refractivity contribution in [2.45, 2.75) is 12.5 Å². The average molecular weight is 392 g/mol. The number of likely N-dealkylation sites (N-methyl/N-ethyl adjacent to an activating group) is 1. The Hall–Kier alpha value is -2.08. The molecule has 2 aromatic carbocycles. The Labute approximate surface area is 162 Å². The third-order valence-electron chi connectivity index (χ3n) is 4.42. The molecule has 1 heterocycles. The van der Waals surface area contributed by atoms with Crippen molar-refractivity contribution >= 4 is 40.7 Å². The summed E-state index contributed by atoms with van der Waals surface area (Å²) in [7, 11) is 1.82. The zero-order chi connectivity index (χ0) is 18.7. The second-order valence-corrected chi connectivity index (χ2v) is 7.13. The lowest BCUT2D eigenvalue weighted by Crippen LogP contribution is -2.38. The zero-order valence-electron chi connectivity index (χ0n) is 14.3. The van der Waals surface area contributed by atoms with Gasteiger partial charge in [-0.05, 0) is 55.4 Å². The molecule has 1 saturated heterocycles. The molecule has 136 valence electrons. The highest BCUT2D eigenvalue weighted by Gasteiger charge is 2.23. The van der Waals surface area contributed by atoms with Gasteiger partial charge in [0.05, 0.1) is 0 Å². The molecule has 26 heavy (non-hydrogen) atoms. The fraction of sp³-hybridized carbons (Fsp3) is 0.263. The molecule has 2 amide bonds. The van der Waals surface area contributed by atoms with Crippen LogP contribution in [-0.2, 0) is 0 Å². The maximum Gasteiger partial charge on any atom is 0.255 e. The van der Waals surface area contributed by atoms with Gasteiger partial charge in [-0.1, -0.05) is 23.2 Å². The molecule has 0 aliphatic carbocycles. The summed E-state index contributed by atoms with van der Waals surface area (Å²) in [5, 5.41) is 6.82. The molecule has 1 aliphatic rings. The van der Waals surface area contributed by atoms with Crippen molar-refractivity contribution in [1.82, 2.24) is 10.2 Å². The van der Waals surface area contributed by atoms with Crippen molar-refractivity contribution < 1.29 is 9.59 Å². The molecule has 0 spiro atoms. The van der Waals surface area contributed by atoms with Crippen molar-refractivity contribution in [3.63, 3.8) is 0 Å². The number of benzene rings is 2. The van der Waals surface area contributed by atoms with Crippen LogP contribution in [0.1, 0.15) is 27.1 Å². The second kappa shape index (κ2) is 8.08. The number of halogens is 2. The van der Waals surface area contributed by atoms with Crippen LogP contribution in [-0.4, -0.2) is 42.9 Å². The molecule has 1 aliphatic heterocycles. The lowest BCUT2D eigenvalue weighted by molar-refractivity contribution is 0.0743. The molecule has 1 unspecified atom stereocenters. The van der Waals surface area contributed by atoms with Gasteiger partial charge in [0, 0.05) is 46.5 Å². The molecule has 0 radical (unpaired) electrons. The van der Waals surface area contributed by atoms with E-state index in [-0.39, 0.29) is 17.9 Å². The molecule has 3 rings (SSSR count). The number of hydrogen-bond donors (Lipinski definition) is 2. The van der Waals surface area contributed by atoms with E-state index in [4.69, 9.17) is 23.2 Å². The molecular weight excluding hydrogens is 373 g/mol. The van der Waals surface area contributed by atoms with Crippen molar-refractivity contribution in [1.29, 1.82) is 0 Å². The van der Waals surface area contributed by atoms with Crippen molar-refractivity contribution in [3.8, 4) is 0 Å². The van der Waals surface area contributed by atoms with Crippen molar-refractivity contribution in [3.05, 3.63) is 63.6 Å². The summed E-state index contributed by atoms with van der Waals surface area (Å²) in [5.74, 6) is -0.346. The molecule has 2 N–H and O–H groups in total. The standard InChI is InChI=1S/C19H19Cl2N3O2/c1-24(17-6-7-22-11-17)19(26)12-2-4-16(5-3-12)23-18(25)13-8-14(20)10-15(21)9-13/h2-5,8-10,17,22H,6-7,11H2,1H3,(H,23,25). The fourth-order valence-corrected chi connectivity index (χ4v) is 3.45. The van der Waals surface area contributed by atoms with Gasteiger partial charge in [-0.2, -0.15) is 0 Å².